The van der Waals surface area contributed by atoms with Crippen molar-refractivity contribution in [1.29, 1.82) is 0 Å². The van der Waals surface area contributed by atoms with Crippen LogP contribution in [0.25, 0.3) is 0 Å². The molecule has 1 fully saturated rings. The molecule has 0 aromatic rings. The molecule has 0 aromatic carbocycles. The molecule has 400 valence electrons. The molecule has 0 saturated heterocycles. The fraction of sp³-hybridized carbons (Fsp3) is 0.745. The second kappa shape index (κ2) is 38.5. The Kier molecular flexibility index (Phi) is 36.2. The highest BCUT2D eigenvalue weighted by Crippen LogP contribution is 2.51. The highest BCUT2D eigenvalue weighted by atomic mass is 31.2. The van der Waals surface area contributed by atoms with E-state index in [0.717, 1.165) is 89.9 Å². The maximum Gasteiger partial charge on any atom is 0.472 e. The molecule has 1 aliphatic rings. The molecule has 69 heavy (non-hydrogen) atoms. The molecule has 0 heterocycles. The predicted molar refractivity (Wildman–Crippen MR) is 261 cm³/mol. The second-order valence-corrected chi connectivity index (χ2v) is 20.8. The van der Waals surface area contributed by atoms with Crippen LogP contribution in [-0.2, 0) is 50.9 Å². The number of carbonyl (C=O) groups is 2. The normalized spacial score (nSPS) is 21.8. The third kappa shape index (κ3) is 34.8. The van der Waals surface area contributed by atoms with E-state index >= 15 is 0 Å². The monoisotopic (exact) mass is 1040 g/mol. The molecule has 1 aliphatic carbocycles. The van der Waals surface area contributed by atoms with Crippen LogP contribution in [0.3, 0.4) is 0 Å². The highest BCUT2D eigenvalue weighted by Gasteiger charge is 2.56. The molecule has 1 saturated carbocycles. The van der Waals surface area contributed by atoms with E-state index in [4.69, 9.17) is 18.5 Å². The number of phosphoric acid groups is 3. The van der Waals surface area contributed by atoms with Crippen LogP contribution >= 0.6 is 23.5 Å². The van der Waals surface area contributed by atoms with Crippen molar-refractivity contribution in [2.75, 3.05) is 13.2 Å². The third-order valence-electron chi connectivity index (χ3n) is 10.8. The first-order chi connectivity index (χ1) is 32.8. The van der Waals surface area contributed by atoms with E-state index in [1.807, 2.05) is 0 Å². The number of aliphatic hydroxyl groups is 3. The SMILES string of the molecule is CCCCCC=CCC=CCC=CCCCCCCC(=O)OCC(COP(=O)(O)OC1C(O)C(O)C(OP(=O)(O)O)C(OP(=O)(O)O)C1O)OC(=O)CCCCCCCC=CCC=CCCCCC. The van der Waals surface area contributed by atoms with E-state index in [1.165, 1.54) is 38.5 Å². The minimum absolute atomic E-state index is 0.0257. The minimum atomic E-state index is -5.61. The number of aliphatic hydroxyl groups excluding tert-OH is 3. The fourth-order valence-electron chi connectivity index (χ4n) is 7.09. The lowest BCUT2D eigenvalue weighted by atomic mass is 9.85. The highest BCUT2D eigenvalue weighted by molar-refractivity contribution is 7.47. The Morgan fingerprint density at radius 2 is 0.841 bits per heavy atom. The van der Waals surface area contributed by atoms with Gasteiger partial charge in [-0.15, -0.1) is 0 Å². The molecule has 0 amide bonds. The summed E-state index contributed by atoms with van der Waals surface area (Å²) in [6.07, 6.45) is 26.6. The lowest BCUT2D eigenvalue weighted by Gasteiger charge is -2.44. The van der Waals surface area contributed by atoms with Gasteiger partial charge in [0.25, 0.3) is 0 Å². The average molecular weight is 1050 g/mol. The van der Waals surface area contributed by atoms with Gasteiger partial charge < -0.3 is 49.3 Å². The fourth-order valence-corrected chi connectivity index (χ4v) is 9.19. The van der Waals surface area contributed by atoms with Crippen molar-refractivity contribution in [2.45, 2.75) is 211 Å². The Morgan fingerprint density at radius 3 is 1.29 bits per heavy atom. The van der Waals surface area contributed by atoms with Gasteiger partial charge in [0.2, 0.25) is 0 Å². The number of phosphoric ester groups is 3. The summed E-state index contributed by atoms with van der Waals surface area (Å²) < 4.78 is 65.5. The third-order valence-corrected chi connectivity index (χ3v) is 12.8. The van der Waals surface area contributed by atoms with Crippen LogP contribution < -0.4 is 0 Å². The molecule has 1 rings (SSSR count). The van der Waals surface area contributed by atoms with Gasteiger partial charge in [-0.05, 0) is 83.5 Å². The van der Waals surface area contributed by atoms with Crippen LogP contribution in [0.2, 0.25) is 0 Å². The Bertz CT molecular complexity index is 1670. The molecule has 19 nitrogen and oxygen atoms in total. The average Bonchev–Trinajstić information content (AvgIpc) is 3.28. The topological polar surface area (TPSA) is 303 Å². The Labute approximate surface area is 409 Å². The van der Waals surface area contributed by atoms with Crippen LogP contribution in [0.1, 0.15) is 168 Å². The van der Waals surface area contributed by atoms with E-state index < -0.39 is 91.3 Å². The largest absolute Gasteiger partial charge is 0.472 e. The number of esters is 2. The molecule has 0 aliphatic heterocycles. The summed E-state index contributed by atoms with van der Waals surface area (Å²) in [5.74, 6) is -1.34. The summed E-state index contributed by atoms with van der Waals surface area (Å²) in [6, 6.07) is 0. The molecule has 8 atom stereocenters. The van der Waals surface area contributed by atoms with Gasteiger partial charge in [0, 0.05) is 12.8 Å². The molecular weight excluding hydrogens is 961 g/mol. The molecule has 0 radical (unpaired) electrons. The molecule has 22 heteroatoms. The first-order valence-corrected chi connectivity index (χ1v) is 29.1. The van der Waals surface area contributed by atoms with Crippen molar-refractivity contribution in [2.24, 2.45) is 0 Å². The van der Waals surface area contributed by atoms with Gasteiger partial charge in [0.15, 0.2) is 6.10 Å². The number of carbonyl (C=O) groups excluding carboxylic acids is 2. The zero-order valence-corrected chi connectivity index (χ0v) is 43.3. The van der Waals surface area contributed by atoms with Crippen LogP contribution in [0, 0.1) is 0 Å². The number of unbranched alkanes of at least 4 members (excludes halogenated alkanes) is 15. The number of ether oxygens (including phenoxy) is 2. The van der Waals surface area contributed by atoms with E-state index in [0.29, 0.717) is 12.8 Å². The standard InChI is InChI=1S/C47H83O19P3/c1-3-5-7-9-11-13-15-17-19-20-22-23-25-27-29-31-33-35-40(48)61-37-39(63-41(49)36-34-32-30-28-26-24-21-18-16-14-12-10-8-6-4-2)38-62-69(59,60)66-45-42(50)43(51)46(64-67(53,54)55)47(44(45)52)65-68(56,57)58/h11-14,17-19,21-23,39,42-47,50-52H,3-10,15-16,20,24-38H2,1-2H3,(H,59,60)(H2,53,54,55)(H2,56,57,58). The molecular formula is C47H83O19P3. The molecule has 8 N–H and O–H groups in total. The van der Waals surface area contributed by atoms with E-state index in [1.54, 1.807) is 0 Å². The summed E-state index contributed by atoms with van der Waals surface area (Å²) >= 11 is 0. The Hall–Kier alpha value is -2.15. The maximum absolute atomic E-state index is 13.1. The maximum atomic E-state index is 13.1. The van der Waals surface area contributed by atoms with E-state index in [2.05, 4.69) is 83.7 Å². The van der Waals surface area contributed by atoms with Gasteiger partial charge in [-0.25, -0.2) is 13.7 Å². The van der Waals surface area contributed by atoms with E-state index in [9.17, 15) is 63.1 Å². The summed E-state index contributed by atoms with van der Waals surface area (Å²) in [4.78, 5) is 73.3. The Balaban J connectivity index is 2.74. The molecule has 8 unspecified atom stereocenters. The number of allylic oxidation sites excluding steroid dienone is 10. The zero-order valence-electron chi connectivity index (χ0n) is 40.6. The quantitative estimate of drug-likeness (QED) is 0.0122. The predicted octanol–water partition coefficient (Wildman–Crippen LogP) is 9.18. The summed E-state index contributed by atoms with van der Waals surface area (Å²) in [7, 11) is -16.6. The number of hydrogen-bond donors (Lipinski definition) is 8. The second-order valence-electron chi connectivity index (χ2n) is 17.0. The van der Waals surface area contributed by atoms with Gasteiger partial charge in [0.05, 0.1) is 6.61 Å². The number of hydrogen-bond acceptors (Lipinski definition) is 14. The van der Waals surface area contributed by atoms with Gasteiger partial charge in [0.1, 0.15) is 43.2 Å². The van der Waals surface area contributed by atoms with Gasteiger partial charge >= 0.3 is 35.4 Å². The molecule has 0 spiro atoms. The van der Waals surface area contributed by atoms with Crippen LogP contribution in [-0.4, -0.2) is 108 Å². The van der Waals surface area contributed by atoms with Gasteiger partial charge in [-0.1, -0.05) is 132 Å². The van der Waals surface area contributed by atoms with Crippen molar-refractivity contribution in [3.63, 3.8) is 0 Å². The summed E-state index contributed by atoms with van der Waals surface area (Å²) in [5.41, 5.74) is 0. The van der Waals surface area contributed by atoms with Crippen molar-refractivity contribution in [3.05, 3.63) is 60.8 Å². The van der Waals surface area contributed by atoms with Gasteiger partial charge in [-0.2, -0.15) is 0 Å². The van der Waals surface area contributed by atoms with Crippen molar-refractivity contribution < 1.29 is 90.6 Å². The van der Waals surface area contributed by atoms with Crippen LogP contribution in [0.15, 0.2) is 60.8 Å². The van der Waals surface area contributed by atoms with Crippen LogP contribution in [0.4, 0.5) is 0 Å². The first kappa shape index (κ1) is 64.9. The molecule has 0 aromatic heterocycles. The zero-order chi connectivity index (χ0) is 51.4. The lowest BCUT2D eigenvalue weighted by molar-refractivity contribution is -0.213. The van der Waals surface area contributed by atoms with Crippen molar-refractivity contribution in [1.82, 2.24) is 0 Å². The minimum Gasteiger partial charge on any atom is -0.462 e. The molecule has 0 bridgehead atoms. The van der Waals surface area contributed by atoms with Gasteiger partial charge in [-0.3, -0.25) is 27.7 Å². The first-order valence-electron chi connectivity index (χ1n) is 24.6. The summed E-state index contributed by atoms with van der Waals surface area (Å²) in [5, 5.41) is 31.9. The number of rotatable bonds is 41. The van der Waals surface area contributed by atoms with Crippen molar-refractivity contribution in [3.8, 4) is 0 Å². The van der Waals surface area contributed by atoms with E-state index in [-0.39, 0.29) is 12.8 Å². The Morgan fingerprint density at radius 1 is 0.464 bits per heavy atom. The smallest absolute Gasteiger partial charge is 0.462 e. The van der Waals surface area contributed by atoms with Crippen molar-refractivity contribution >= 4 is 35.4 Å². The van der Waals surface area contributed by atoms with Crippen LogP contribution in [0.5, 0.6) is 0 Å². The summed E-state index contributed by atoms with van der Waals surface area (Å²) in [6.45, 7) is 2.86. The lowest BCUT2D eigenvalue weighted by Crippen LogP contribution is -2.65.